The molecule has 26 heavy (non-hydrogen) atoms. The van der Waals surface area contributed by atoms with E-state index >= 15 is 0 Å². The van der Waals surface area contributed by atoms with Crippen molar-refractivity contribution < 1.29 is 14.0 Å². The normalized spacial score (nSPS) is 17.0. The second-order valence-electron chi connectivity index (χ2n) is 7.24. The van der Waals surface area contributed by atoms with E-state index < -0.39 is 5.91 Å². The van der Waals surface area contributed by atoms with Crippen molar-refractivity contribution in [3.05, 3.63) is 56.9 Å². The lowest BCUT2D eigenvalue weighted by Gasteiger charge is -2.29. The summed E-state index contributed by atoms with van der Waals surface area (Å²) in [6, 6.07) is 7.01. The zero-order chi connectivity index (χ0) is 19.1. The third kappa shape index (κ3) is 3.58. The lowest BCUT2D eigenvalue weighted by atomic mass is 9.75. The van der Waals surface area contributed by atoms with Crippen LogP contribution in [-0.2, 0) is 6.42 Å². The van der Waals surface area contributed by atoms with E-state index in [0.717, 1.165) is 10.0 Å². The molecular formula is C19H20BrN3O3. The number of nitrogens with two attached hydrogens (primary N) is 1. The van der Waals surface area contributed by atoms with E-state index in [-0.39, 0.29) is 17.1 Å². The first-order valence-corrected chi connectivity index (χ1v) is 9.02. The van der Waals surface area contributed by atoms with Crippen molar-refractivity contribution in [3.8, 4) is 0 Å². The summed E-state index contributed by atoms with van der Waals surface area (Å²) in [4.78, 5) is 23.9. The topological polar surface area (TPSA) is 97.7 Å². The predicted octanol–water partition coefficient (Wildman–Crippen LogP) is 3.56. The molecule has 3 N–H and O–H groups in total. The SMILES string of the molecule is Cc1c(C(N)=O)oc2c1/C(=N/NC(=O)c1ccc(Br)cc1)CC(C)(C)C2. The van der Waals surface area contributed by atoms with Crippen LogP contribution in [0.4, 0.5) is 0 Å². The number of nitrogens with zero attached hydrogens (tertiary/aromatic N) is 1. The molecule has 0 aliphatic heterocycles. The monoisotopic (exact) mass is 417 g/mol. The minimum atomic E-state index is -0.604. The van der Waals surface area contributed by atoms with Gasteiger partial charge in [0, 0.05) is 27.6 Å². The van der Waals surface area contributed by atoms with Crippen LogP contribution in [0.25, 0.3) is 0 Å². The van der Waals surface area contributed by atoms with Crippen molar-refractivity contribution in [2.45, 2.75) is 33.6 Å². The first kappa shape index (κ1) is 18.4. The fourth-order valence-electron chi connectivity index (χ4n) is 3.23. The predicted molar refractivity (Wildman–Crippen MR) is 102 cm³/mol. The number of hydrogen-bond donors (Lipinski definition) is 2. The largest absolute Gasteiger partial charge is 0.455 e. The quantitative estimate of drug-likeness (QED) is 0.746. The average molecular weight is 418 g/mol. The van der Waals surface area contributed by atoms with Crippen molar-refractivity contribution in [1.29, 1.82) is 0 Å². The van der Waals surface area contributed by atoms with Gasteiger partial charge in [0.2, 0.25) is 0 Å². The number of halogens is 1. The number of hydrogen-bond acceptors (Lipinski definition) is 4. The summed E-state index contributed by atoms with van der Waals surface area (Å²) >= 11 is 3.34. The van der Waals surface area contributed by atoms with Gasteiger partial charge in [0.05, 0.1) is 5.71 Å². The van der Waals surface area contributed by atoms with Crippen molar-refractivity contribution in [2.75, 3.05) is 0 Å². The lowest BCUT2D eigenvalue weighted by molar-refractivity contribution is 0.0952. The third-order valence-electron chi connectivity index (χ3n) is 4.42. The second-order valence-corrected chi connectivity index (χ2v) is 8.16. The molecule has 0 saturated heterocycles. The first-order valence-electron chi connectivity index (χ1n) is 8.23. The molecule has 2 aromatic rings. The molecule has 0 saturated carbocycles. The summed E-state index contributed by atoms with van der Waals surface area (Å²) in [5, 5.41) is 4.35. The number of nitrogens with one attached hydrogen (secondary N) is 1. The molecule has 2 amide bonds. The molecule has 1 aliphatic carbocycles. The van der Waals surface area contributed by atoms with E-state index in [1.165, 1.54) is 0 Å². The lowest BCUT2D eigenvalue weighted by Crippen LogP contribution is -2.29. The molecule has 1 aromatic heterocycles. The van der Waals surface area contributed by atoms with Crippen LogP contribution >= 0.6 is 15.9 Å². The molecular weight excluding hydrogens is 398 g/mol. The van der Waals surface area contributed by atoms with Crippen LogP contribution in [-0.4, -0.2) is 17.5 Å². The minimum absolute atomic E-state index is 0.104. The maximum absolute atomic E-state index is 12.3. The Kier molecular flexibility index (Phi) is 4.75. The Morgan fingerprint density at radius 1 is 1.23 bits per heavy atom. The summed E-state index contributed by atoms with van der Waals surface area (Å²) < 4.78 is 6.59. The Bertz CT molecular complexity index is 911. The van der Waals surface area contributed by atoms with Crippen LogP contribution in [0.15, 0.2) is 38.3 Å². The molecule has 0 atom stereocenters. The summed E-state index contributed by atoms with van der Waals surface area (Å²) in [5.74, 6) is -0.0667. The number of carbonyl (C=O) groups excluding carboxylic acids is 2. The van der Waals surface area contributed by atoms with Crippen LogP contribution in [0, 0.1) is 12.3 Å². The number of furan rings is 1. The van der Waals surface area contributed by atoms with Gasteiger partial charge < -0.3 is 10.2 Å². The molecule has 0 radical (unpaired) electrons. The standard InChI is InChI=1S/C19H20BrN3O3/c1-10-15-13(22-23-18(25)11-4-6-12(20)7-5-11)8-19(2,3)9-14(15)26-16(10)17(21)24/h4-7H,8-9H2,1-3H3,(H2,21,24)(H,23,25)/b22-13+. The van der Waals surface area contributed by atoms with Gasteiger partial charge in [0.25, 0.3) is 11.8 Å². The minimum Gasteiger partial charge on any atom is -0.455 e. The molecule has 3 rings (SSSR count). The molecule has 0 bridgehead atoms. The number of amides is 2. The van der Waals surface area contributed by atoms with Crippen molar-refractivity contribution in [3.63, 3.8) is 0 Å². The van der Waals surface area contributed by atoms with E-state index in [1.807, 2.05) is 0 Å². The van der Waals surface area contributed by atoms with E-state index in [4.69, 9.17) is 10.2 Å². The maximum atomic E-state index is 12.3. The van der Waals surface area contributed by atoms with E-state index in [9.17, 15) is 9.59 Å². The summed E-state index contributed by atoms with van der Waals surface area (Å²) in [5.41, 5.74) is 10.5. The highest BCUT2D eigenvalue weighted by molar-refractivity contribution is 9.10. The van der Waals surface area contributed by atoms with Gasteiger partial charge in [-0.05, 0) is 43.0 Å². The molecule has 1 aliphatic rings. The summed E-state index contributed by atoms with van der Waals surface area (Å²) in [6.07, 6.45) is 1.33. The number of primary amides is 1. The van der Waals surface area contributed by atoms with E-state index in [2.05, 4.69) is 40.3 Å². The molecule has 0 unspecified atom stereocenters. The number of fused-ring (bicyclic) bond motifs is 1. The van der Waals surface area contributed by atoms with Gasteiger partial charge >= 0.3 is 0 Å². The smallest absolute Gasteiger partial charge is 0.284 e. The Morgan fingerprint density at radius 3 is 2.50 bits per heavy atom. The molecule has 0 fully saturated rings. The molecule has 1 heterocycles. The van der Waals surface area contributed by atoms with Gasteiger partial charge in [0.15, 0.2) is 5.76 Å². The molecule has 136 valence electrons. The third-order valence-corrected chi connectivity index (χ3v) is 4.94. The highest BCUT2D eigenvalue weighted by Crippen LogP contribution is 2.38. The maximum Gasteiger partial charge on any atom is 0.284 e. The summed E-state index contributed by atoms with van der Waals surface area (Å²) in [7, 11) is 0. The fraction of sp³-hybridized carbons (Fsp3) is 0.316. The van der Waals surface area contributed by atoms with Gasteiger partial charge in [0.1, 0.15) is 5.76 Å². The molecule has 0 spiro atoms. The van der Waals surface area contributed by atoms with Gasteiger partial charge in [-0.2, -0.15) is 5.10 Å². The van der Waals surface area contributed by atoms with Crippen molar-refractivity contribution in [1.82, 2.24) is 5.43 Å². The van der Waals surface area contributed by atoms with Crippen LogP contribution < -0.4 is 11.2 Å². The van der Waals surface area contributed by atoms with Gasteiger partial charge in [-0.1, -0.05) is 29.8 Å². The highest BCUT2D eigenvalue weighted by atomic mass is 79.9. The second kappa shape index (κ2) is 6.72. The first-order chi connectivity index (χ1) is 12.2. The van der Waals surface area contributed by atoms with Crippen molar-refractivity contribution >= 4 is 33.5 Å². The highest BCUT2D eigenvalue weighted by Gasteiger charge is 2.35. The number of rotatable bonds is 3. The summed E-state index contributed by atoms with van der Waals surface area (Å²) in [6.45, 7) is 5.96. The Morgan fingerprint density at radius 2 is 1.88 bits per heavy atom. The van der Waals surface area contributed by atoms with Gasteiger partial charge in [-0.15, -0.1) is 0 Å². The van der Waals surface area contributed by atoms with E-state index in [1.54, 1.807) is 31.2 Å². The molecule has 7 heteroatoms. The van der Waals surface area contributed by atoms with Crippen molar-refractivity contribution in [2.24, 2.45) is 16.3 Å². The average Bonchev–Trinajstić information content (AvgIpc) is 2.88. The van der Waals surface area contributed by atoms with Gasteiger partial charge in [-0.25, -0.2) is 5.43 Å². The fourth-order valence-corrected chi connectivity index (χ4v) is 3.49. The zero-order valence-corrected chi connectivity index (χ0v) is 16.4. The number of hydrazone groups is 1. The van der Waals surface area contributed by atoms with E-state index in [0.29, 0.717) is 35.4 Å². The Labute approximate surface area is 160 Å². The zero-order valence-electron chi connectivity index (χ0n) is 14.9. The number of carbonyl (C=O) groups is 2. The van der Waals surface area contributed by atoms with Gasteiger partial charge in [-0.3, -0.25) is 9.59 Å². The van der Waals surface area contributed by atoms with Crippen LogP contribution in [0.3, 0.4) is 0 Å². The number of benzene rings is 1. The van der Waals surface area contributed by atoms with Crippen LogP contribution in [0.5, 0.6) is 0 Å². The van der Waals surface area contributed by atoms with Crippen LogP contribution in [0.1, 0.15) is 58.1 Å². The Hall–Kier alpha value is -2.41. The molecule has 1 aromatic carbocycles. The van der Waals surface area contributed by atoms with Crippen LogP contribution in [0.2, 0.25) is 0 Å². The molecule has 6 nitrogen and oxygen atoms in total. The Balaban J connectivity index is 1.94.